The Bertz CT molecular complexity index is 1280. The second-order valence-electron chi connectivity index (χ2n) is 6.72. The Balaban J connectivity index is 1.44. The van der Waals surface area contributed by atoms with Gasteiger partial charge in [-0.05, 0) is 70.9 Å². The number of aromatic nitrogens is 2. The maximum Gasteiger partial charge on any atom is 0.258 e. The molecule has 150 valence electrons. The summed E-state index contributed by atoms with van der Waals surface area (Å²) in [5, 5.41) is 2.85. The molecular formula is C23H18BrN3O3. The summed E-state index contributed by atoms with van der Waals surface area (Å²) in [6, 6.07) is 19.5. The third-order valence-electron chi connectivity index (χ3n) is 4.56. The van der Waals surface area contributed by atoms with Crippen molar-refractivity contribution in [3.05, 3.63) is 105 Å². The standard InChI is InChI=1S/C23H18BrN3O3/c1-15-5-4-12-27-21(28)13-17(25-22(15)27)14-30-18-10-8-16(9-11-18)26-23(29)19-6-2-3-7-20(19)24/h2-13H,14H2,1H3,(H,26,29). The highest BCUT2D eigenvalue weighted by atomic mass is 79.9. The van der Waals surface area contributed by atoms with Crippen molar-refractivity contribution in [2.24, 2.45) is 0 Å². The van der Waals surface area contributed by atoms with Crippen molar-refractivity contribution >= 4 is 33.2 Å². The molecule has 2 heterocycles. The van der Waals surface area contributed by atoms with Crippen LogP contribution in [0.15, 0.2) is 82.2 Å². The molecule has 0 atom stereocenters. The van der Waals surface area contributed by atoms with E-state index in [2.05, 4.69) is 26.2 Å². The fraction of sp³-hybridized carbons (Fsp3) is 0.0870. The lowest BCUT2D eigenvalue weighted by Crippen LogP contribution is -2.17. The molecule has 0 fully saturated rings. The lowest BCUT2D eigenvalue weighted by atomic mass is 10.2. The summed E-state index contributed by atoms with van der Waals surface area (Å²) in [6.45, 7) is 2.08. The van der Waals surface area contributed by atoms with Gasteiger partial charge in [-0.1, -0.05) is 18.2 Å². The molecule has 0 spiro atoms. The molecule has 0 bridgehead atoms. The molecule has 2 aromatic heterocycles. The molecule has 0 aliphatic heterocycles. The van der Waals surface area contributed by atoms with Gasteiger partial charge in [0.25, 0.3) is 11.5 Å². The number of nitrogens with one attached hydrogen (secondary N) is 1. The molecule has 0 unspecified atom stereocenters. The first-order valence-electron chi connectivity index (χ1n) is 9.28. The van der Waals surface area contributed by atoms with Crippen LogP contribution >= 0.6 is 15.9 Å². The summed E-state index contributed by atoms with van der Waals surface area (Å²) in [6.07, 6.45) is 1.70. The largest absolute Gasteiger partial charge is 0.487 e. The lowest BCUT2D eigenvalue weighted by Gasteiger charge is -2.10. The van der Waals surface area contributed by atoms with Gasteiger partial charge in [0, 0.05) is 22.4 Å². The van der Waals surface area contributed by atoms with Crippen molar-refractivity contribution < 1.29 is 9.53 Å². The van der Waals surface area contributed by atoms with Crippen molar-refractivity contribution in [2.75, 3.05) is 5.32 Å². The molecule has 30 heavy (non-hydrogen) atoms. The topological polar surface area (TPSA) is 72.7 Å². The first-order chi connectivity index (χ1) is 14.5. The zero-order valence-corrected chi connectivity index (χ0v) is 17.7. The minimum Gasteiger partial charge on any atom is -0.487 e. The van der Waals surface area contributed by atoms with E-state index in [1.807, 2.05) is 37.3 Å². The number of carbonyl (C=O) groups excluding carboxylic acids is 1. The third kappa shape index (κ3) is 4.26. The SMILES string of the molecule is Cc1cccn2c(=O)cc(COc3ccc(NC(=O)c4ccccc4Br)cc3)nc12. The van der Waals surface area contributed by atoms with Crippen molar-refractivity contribution in [3.63, 3.8) is 0 Å². The average Bonchev–Trinajstić information content (AvgIpc) is 2.74. The number of nitrogens with zero attached hydrogens (tertiary/aromatic N) is 2. The van der Waals surface area contributed by atoms with Crippen LogP contribution in [-0.4, -0.2) is 15.3 Å². The fourth-order valence-corrected chi connectivity index (χ4v) is 3.48. The predicted molar refractivity (Wildman–Crippen MR) is 119 cm³/mol. The summed E-state index contributed by atoms with van der Waals surface area (Å²) in [7, 11) is 0. The maximum absolute atomic E-state index is 12.4. The highest BCUT2D eigenvalue weighted by Gasteiger charge is 2.10. The van der Waals surface area contributed by atoms with Gasteiger partial charge in [-0.15, -0.1) is 0 Å². The molecule has 0 radical (unpaired) electrons. The molecule has 0 aliphatic rings. The van der Waals surface area contributed by atoms with E-state index in [0.717, 1.165) is 10.0 Å². The molecule has 4 aromatic rings. The van der Waals surface area contributed by atoms with Crippen LogP contribution in [0, 0.1) is 6.92 Å². The van der Waals surface area contributed by atoms with Gasteiger partial charge in [-0.3, -0.25) is 14.0 Å². The van der Waals surface area contributed by atoms with Gasteiger partial charge in [-0.25, -0.2) is 4.98 Å². The number of hydrogen-bond donors (Lipinski definition) is 1. The molecule has 0 saturated heterocycles. The van der Waals surface area contributed by atoms with E-state index in [1.54, 1.807) is 36.5 Å². The maximum atomic E-state index is 12.4. The molecule has 0 saturated carbocycles. The highest BCUT2D eigenvalue weighted by Crippen LogP contribution is 2.20. The number of ether oxygens (including phenoxy) is 1. The lowest BCUT2D eigenvalue weighted by molar-refractivity contribution is 0.102. The van der Waals surface area contributed by atoms with E-state index in [1.165, 1.54) is 10.5 Å². The first kappa shape index (κ1) is 19.8. The average molecular weight is 464 g/mol. The van der Waals surface area contributed by atoms with Crippen molar-refractivity contribution in [1.29, 1.82) is 0 Å². The van der Waals surface area contributed by atoms with E-state index >= 15 is 0 Å². The molecule has 4 rings (SSSR count). The van der Waals surface area contributed by atoms with Crippen LogP contribution in [0.1, 0.15) is 21.6 Å². The second-order valence-corrected chi connectivity index (χ2v) is 7.57. The Hall–Kier alpha value is -3.45. The van der Waals surface area contributed by atoms with E-state index in [4.69, 9.17) is 4.74 Å². The Morgan fingerprint density at radius 1 is 1.10 bits per heavy atom. The monoisotopic (exact) mass is 463 g/mol. The van der Waals surface area contributed by atoms with Gasteiger partial charge < -0.3 is 10.1 Å². The normalized spacial score (nSPS) is 10.7. The number of hydrogen-bond acceptors (Lipinski definition) is 4. The van der Waals surface area contributed by atoms with Gasteiger partial charge in [0.15, 0.2) is 0 Å². The Kier molecular flexibility index (Phi) is 5.63. The number of pyridine rings is 1. The highest BCUT2D eigenvalue weighted by molar-refractivity contribution is 9.10. The zero-order valence-electron chi connectivity index (χ0n) is 16.1. The number of benzene rings is 2. The summed E-state index contributed by atoms with van der Waals surface area (Å²) in [5.41, 5.74) is 3.16. The Labute approximate surface area is 181 Å². The molecular weight excluding hydrogens is 446 g/mol. The van der Waals surface area contributed by atoms with Crippen LogP contribution in [0.5, 0.6) is 5.75 Å². The van der Waals surface area contributed by atoms with E-state index in [-0.39, 0.29) is 18.1 Å². The van der Waals surface area contributed by atoms with Crippen molar-refractivity contribution in [2.45, 2.75) is 13.5 Å². The van der Waals surface area contributed by atoms with Crippen LogP contribution in [0.4, 0.5) is 5.69 Å². The number of rotatable bonds is 5. The quantitative estimate of drug-likeness (QED) is 0.469. The number of carbonyl (C=O) groups is 1. The van der Waals surface area contributed by atoms with E-state index in [0.29, 0.717) is 28.3 Å². The summed E-state index contributed by atoms with van der Waals surface area (Å²) in [4.78, 5) is 29.2. The van der Waals surface area contributed by atoms with Gasteiger partial charge >= 0.3 is 0 Å². The van der Waals surface area contributed by atoms with Crippen LogP contribution in [0.2, 0.25) is 0 Å². The van der Waals surface area contributed by atoms with Gasteiger partial charge in [0.05, 0.1) is 11.3 Å². The zero-order chi connectivity index (χ0) is 21.1. The van der Waals surface area contributed by atoms with Gasteiger partial charge in [-0.2, -0.15) is 0 Å². The summed E-state index contributed by atoms with van der Waals surface area (Å²) < 4.78 is 8.02. The Morgan fingerprint density at radius 2 is 1.87 bits per heavy atom. The number of amides is 1. The number of halogens is 1. The Morgan fingerprint density at radius 3 is 2.63 bits per heavy atom. The van der Waals surface area contributed by atoms with Crippen molar-refractivity contribution in [1.82, 2.24) is 9.38 Å². The minimum atomic E-state index is -0.202. The number of aryl methyl sites for hydroxylation is 1. The van der Waals surface area contributed by atoms with Gasteiger partial charge in [0.2, 0.25) is 0 Å². The first-order valence-corrected chi connectivity index (χ1v) is 10.1. The van der Waals surface area contributed by atoms with Crippen LogP contribution in [0.25, 0.3) is 5.65 Å². The smallest absolute Gasteiger partial charge is 0.258 e. The number of fused-ring (bicyclic) bond motifs is 1. The summed E-state index contributed by atoms with van der Waals surface area (Å²) >= 11 is 3.38. The van der Waals surface area contributed by atoms with Crippen LogP contribution in [0.3, 0.4) is 0 Å². The number of anilines is 1. The molecule has 0 aliphatic carbocycles. The third-order valence-corrected chi connectivity index (χ3v) is 5.25. The van der Waals surface area contributed by atoms with E-state index in [9.17, 15) is 9.59 Å². The molecule has 6 nitrogen and oxygen atoms in total. The minimum absolute atomic E-state index is 0.146. The van der Waals surface area contributed by atoms with Crippen molar-refractivity contribution in [3.8, 4) is 5.75 Å². The van der Waals surface area contributed by atoms with Gasteiger partial charge in [0.1, 0.15) is 18.0 Å². The van der Waals surface area contributed by atoms with Crippen LogP contribution in [-0.2, 0) is 6.61 Å². The van der Waals surface area contributed by atoms with Crippen LogP contribution < -0.4 is 15.6 Å². The second kappa shape index (κ2) is 8.51. The molecule has 1 N–H and O–H groups in total. The molecule has 7 heteroatoms. The molecule has 2 aromatic carbocycles. The molecule has 1 amide bonds. The summed E-state index contributed by atoms with van der Waals surface area (Å²) in [5.74, 6) is 0.410. The fourth-order valence-electron chi connectivity index (χ4n) is 3.02. The predicted octanol–water partition coefficient (Wildman–Crippen LogP) is 4.60. The van der Waals surface area contributed by atoms with E-state index < -0.39 is 0 Å².